The SMILES string of the molecule is Cc1cc(C#Cc2c3ccccc3c(C)c3ccccc23)c(C)s1. The standard InChI is InChI=1S/C23H18S/c1-15-14-18(17(3)24-15)12-13-23-21-10-6-4-8-19(21)16(2)20-9-5-7-11-22(20)23/h4-11,14H,1-3H3. The average Bonchev–Trinajstić information content (AvgIpc) is 2.92. The molecule has 0 saturated heterocycles. The Balaban J connectivity index is 2.07. The molecule has 0 spiro atoms. The second-order valence-electron chi connectivity index (χ2n) is 6.17. The maximum atomic E-state index is 3.48. The summed E-state index contributed by atoms with van der Waals surface area (Å²) in [5.74, 6) is 6.90. The van der Waals surface area contributed by atoms with Crippen molar-refractivity contribution in [2.24, 2.45) is 0 Å². The fourth-order valence-corrected chi connectivity index (χ4v) is 4.25. The van der Waals surface area contributed by atoms with Crippen LogP contribution in [-0.4, -0.2) is 0 Å². The summed E-state index contributed by atoms with van der Waals surface area (Å²) >= 11 is 1.81. The Labute approximate surface area is 146 Å². The van der Waals surface area contributed by atoms with Gasteiger partial charge in [0.25, 0.3) is 0 Å². The van der Waals surface area contributed by atoms with Crippen molar-refractivity contribution in [3.05, 3.63) is 81.0 Å². The van der Waals surface area contributed by atoms with Crippen molar-refractivity contribution in [1.82, 2.24) is 0 Å². The van der Waals surface area contributed by atoms with Crippen LogP contribution in [0.25, 0.3) is 21.5 Å². The van der Waals surface area contributed by atoms with Crippen molar-refractivity contribution in [2.75, 3.05) is 0 Å². The molecule has 0 unspecified atom stereocenters. The van der Waals surface area contributed by atoms with Crippen LogP contribution in [0.4, 0.5) is 0 Å². The Morgan fingerprint density at radius 2 is 1.25 bits per heavy atom. The topological polar surface area (TPSA) is 0 Å². The quantitative estimate of drug-likeness (QED) is 0.260. The van der Waals surface area contributed by atoms with Crippen LogP contribution in [-0.2, 0) is 0 Å². The molecule has 1 aromatic heterocycles. The van der Waals surface area contributed by atoms with Gasteiger partial charge in [-0.1, -0.05) is 60.4 Å². The molecule has 116 valence electrons. The van der Waals surface area contributed by atoms with Gasteiger partial charge in [0, 0.05) is 20.9 Å². The summed E-state index contributed by atoms with van der Waals surface area (Å²) in [4.78, 5) is 2.61. The van der Waals surface area contributed by atoms with Gasteiger partial charge in [-0.05, 0) is 53.9 Å². The summed E-state index contributed by atoms with van der Waals surface area (Å²) in [7, 11) is 0. The van der Waals surface area contributed by atoms with Gasteiger partial charge in [0.15, 0.2) is 0 Å². The zero-order valence-corrected chi connectivity index (χ0v) is 14.9. The van der Waals surface area contributed by atoms with E-state index in [0.717, 1.165) is 11.1 Å². The van der Waals surface area contributed by atoms with Crippen molar-refractivity contribution in [2.45, 2.75) is 20.8 Å². The second kappa shape index (κ2) is 5.82. The zero-order valence-electron chi connectivity index (χ0n) is 14.1. The van der Waals surface area contributed by atoms with Gasteiger partial charge in [-0.2, -0.15) is 0 Å². The molecule has 0 N–H and O–H groups in total. The van der Waals surface area contributed by atoms with Crippen molar-refractivity contribution < 1.29 is 0 Å². The van der Waals surface area contributed by atoms with Crippen molar-refractivity contribution in [3.63, 3.8) is 0 Å². The molecule has 0 fully saturated rings. The minimum atomic E-state index is 1.13. The first-order chi connectivity index (χ1) is 11.6. The highest BCUT2D eigenvalue weighted by Crippen LogP contribution is 2.32. The monoisotopic (exact) mass is 326 g/mol. The van der Waals surface area contributed by atoms with Crippen LogP contribution in [0.2, 0.25) is 0 Å². The first-order valence-electron chi connectivity index (χ1n) is 8.14. The molecule has 0 nitrogen and oxygen atoms in total. The van der Waals surface area contributed by atoms with E-state index in [-0.39, 0.29) is 0 Å². The van der Waals surface area contributed by atoms with Crippen LogP contribution in [0.5, 0.6) is 0 Å². The fraction of sp³-hybridized carbons (Fsp3) is 0.130. The van der Waals surface area contributed by atoms with Gasteiger partial charge in [0.1, 0.15) is 0 Å². The number of fused-ring (bicyclic) bond motifs is 2. The Kier molecular flexibility index (Phi) is 3.63. The molecular formula is C23H18S. The highest BCUT2D eigenvalue weighted by atomic mass is 32.1. The van der Waals surface area contributed by atoms with Crippen LogP contribution >= 0.6 is 11.3 Å². The lowest BCUT2D eigenvalue weighted by Crippen LogP contribution is -1.89. The van der Waals surface area contributed by atoms with E-state index in [2.05, 4.69) is 87.2 Å². The second-order valence-corrected chi connectivity index (χ2v) is 7.63. The summed E-state index contributed by atoms with van der Waals surface area (Å²) in [5.41, 5.74) is 3.61. The molecule has 1 heterocycles. The van der Waals surface area contributed by atoms with Gasteiger partial charge >= 0.3 is 0 Å². The highest BCUT2D eigenvalue weighted by molar-refractivity contribution is 7.12. The number of benzene rings is 3. The smallest absolute Gasteiger partial charge is 0.0406 e. The van der Waals surface area contributed by atoms with Gasteiger partial charge in [-0.15, -0.1) is 11.3 Å². The molecule has 0 aliphatic heterocycles. The average molecular weight is 326 g/mol. The molecule has 0 amide bonds. The third-order valence-electron chi connectivity index (χ3n) is 4.56. The Bertz CT molecular complexity index is 1080. The summed E-state index contributed by atoms with van der Waals surface area (Å²) < 4.78 is 0. The first kappa shape index (κ1) is 15.0. The molecule has 4 rings (SSSR count). The van der Waals surface area contributed by atoms with E-state index in [1.807, 2.05) is 11.3 Å². The predicted octanol–water partition coefficient (Wildman–Crippen LogP) is 6.38. The molecule has 0 aliphatic rings. The predicted molar refractivity (Wildman–Crippen MR) is 106 cm³/mol. The highest BCUT2D eigenvalue weighted by Gasteiger charge is 2.09. The van der Waals surface area contributed by atoms with Gasteiger partial charge in [0.05, 0.1) is 0 Å². The van der Waals surface area contributed by atoms with E-state index in [1.54, 1.807) is 0 Å². The number of thiophene rings is 1. The normalized spacial score (nSPS) is 10.8. The van der Waals surface area contributed by atoms with E-state index in [4.69, 9.17) is 0 Å². The Hall–Kier alpha value is -2.56. The van der Waals surface area contributed by atoms with Gasteiger partial charge in [0.2, 0.25) is 0 Å². The van der Waals surface area contributed by atoms with E-state index in [1.165, 1.54) is 36.9 Å². The summed E-state index contributed by atoms with van der Waals surface area (Å²) in [6, 6.07) is 19.4. The summed E-state index contributed by atoms with van der Waals surface area (Å²) in [6.07, 6.45) is 0. The van der Waals surface area contributed by atoms with Gasteiger partial charge in [-0.25, -0.2) is 0 Å². The molecular weight excluding hydrogens is 308 g/mol. The molecule has 0 radical (unpaired) electrons. The summed E-state index contributed by atoms with van der Waals surface area (Å²) in [5, 5.41) is 5.06. The van der Waals surface area contributed by atoms with E-state index < -0.39 is 0 Å². The minimum absolute atomic E-state index is 1.13. The molecule has 1 heteroatoms. The Morgan fingerprint density at radius 1 is 0.708 bits per heavy atom. The van der Waals surface area contributed by atoms with Crippen LogP contribution in [0, 0.1) is 32.6 Å². The molecule has 0 atom stereocenters. The lowest BCUT2D eigenvalue weighted by atomic mass is 9.92. The molecule has 3 aromatic carbocycles. The third-order valence-corrected chi connectivity index (χ3v) is 5.53. The molecule has 0 bridgehead atoms. The van der Waals surface area contributed by atoms with Crippen molar-refractivity contribution in [3.8, 4) is 11.8 Å². The Morgan fingerprint density at radius 3 is 1.75 bits per heavy atom. The van der Waals surface area contributed by atoms with E-state index >= 15 is 0 Å². The fourth-order valence-electron chi connectivity index (χ4n) is 3.37. The molecule has 24 heavy (non-hydrogen) atoms. The summed E-state index contributed by atoms with van der Waals surface area (Å²) in [6.45, 7) is 6.49. The van der Waals surface area contributed by atoms with Gasteiger partial charge < -0.3 is 0 Å². The largest absolute Gasteiger partial charge is 0.145 e. The number of aryl methyl sites for hydroxylation is 3. The molecule has 0 aliphatic carbocycles. The van der Waals surface area contributed by atoms with Crippen LogP contribution < -0.4 is 0 Å². The van der Waals surface area contributed by atoms with Crippen molar-refractivity contribution >= 4 is 32.9 Å². The zero-order chi connectivity index (χ0) is 16.7. The van der Waals surface area contributed by atoms with Crippen LogP contribution in [0.3, 0.4) is 0 Å². The minimum Gasteiger partial charge on any atom is -0.145 e. The number of hydrogen-bond acceptors (Lipinski definition) is 1. The maximum absolute atomic E-state index is 3.48. The molecule has 0 saturated carbocycles. The maximum Gasteiger partial charge on any atom is 0.0406 e. The lowest BCUT2D eigenvalue weighted by Gasteiger charge is -2.10. The molecule has 4 aromatic rings. The lowest BCUT2D eigenvalue weighted by molar-refractivity contribution is 1.56. The van der Waals surface area contributed by atoms with Gasteiger partial charge in [-0.3, -0.25) is 0 Å². The van der Waals surface area contributed by atoms with E-state index in [0.29, 0.717) is 0 Å². The van der Waals surface area contributed by atoms with Crippen molar-refractivity contribution in [1.29, 1.82) is 0 Å². The number of rotatable bonds is 0. The third kappa shape index (κ3) is 2.40. The first-order valence-corrected chi connectivity index (χ1v) is 8.96. The number of hydrogen-bond donors (Lipinski definition) is 0. The van der Waals surface area contributed by atoms with Crippen LogP contribution in [0.15, 0.2) is 54.6 Å². The van der Waals surface area contributed by atoms with E-state index in [9.17, 15) is 0 Å². The van der Waals surface area contributed by atoms with Crippen LogP contribution in [0.1, 0.15) is 26.4 Å².